The third-order valence-electron chi connectivity index (χ3n) is 5.09. The van der Waals surface area contributed by atoms with E-state index in [-0.39, 0.29) is 24.5 Å². The minimum atomic E-state index is -4.51. The Hall–Kier alpha value is -3.20. The summed E-state index contributed by atoms with van der Waals surface area (Å²) in [4.78, 5) is 3.32. The van der Waals surface area contributed by atoms with Gasteiger partial charge in [-0.25, -0.2) is 27.1 Å². The summed E-state index contributed by atoms with van der Waals surface area (Å²) in [5.74, 6) is -0.0534. The molecule has 31 heavy (non-hydrogen) atoms. The van der Waals surface area contributed by atoms with Crippen molar-refractivity contribution in [2.75, 3.05) is 13.1 Å². The number of hydrogen-bond acceptors (Lipinski definition) is 10. The van der Waals surface area contributed by atoms with E-state index in [4.69, 9.17) is 9.56 Å². The second-order valence-electron chi connectivity index (χ2n) is 6.96. The van der Waals surface area contributed by atoms with E-state index < -0.39 is 34.9 Å². The second-order valence-corrected chi connectivity index (χ2v) is 10.7. The normalized spacial score (nSPS) is 15.3. The quantitative estimate of drug-likeness (QED) is 0.367. The standard InChI is InChI=1S/C17H15N7O5S2/c18-31(27,28)16-14(30(25,26)10-7-19-8-10)2-1-11(15(16)17-21-23-24-22-17)9-5-13-12(20-6-9)3-4-29-13/h1-6,10,19H,7-8H2,(H2,18,27,28)(H,21,22,23,24). The molecule has 0 radical (unpaired) electrons. The highest BCUT2D eigenvalue weighted by atomic mass is 32.2. The van der Waals surface area contributed by atoms with Crippen molar-refractivity contribution in [1.82, 2.24) is 30.9 Å². The first-order valence-electron chi connectivity index (χ1n) is 8.99. The summed E-state index contributed by atoms with van der Waals surface area (Å²) < 4.78 is 57.0. The van der Waals surface area contributed by atoms with E-state index in [1.54, 1.807) is 12.1 Å². The Bertz CT molecular complexity index is 1510. The second kappa shape index (κ2) is 6.91. The molecule has 1 aliphatic heterocycles. The average Bonchev–Trinajstić information content (AvgIpc) is 3.35. The van der Waals surface area contributed by atoms with E-state index in [2.05, 4.69) is 30.9 Å². The zero-order valence-corrected chi connectivity index (χ0v) is 17.3. The fourth-order valence-corrected chi connectivity index (χ4v) is 6.65. The van der Waals surface area contributed by atoms with E-state index in [0.29, 0.717) is 22.2 Å². The molecule has 0 unspecified atom stereocenters. The highest BCUT2D eigenvalue weighted by Crippen LogP contribution is 2.40. The summed E-state index contributed by atoms with van der Waals surface area (Å²) in [6.45, 7) is 0.429. The Morgan fingerprint density at radius 2 is 1.94 bits per heavy atom. The number of aromatic nitrogens is 5. The molecule has 1 aromatic carbocycles. The van der Waals surface area contributed by atoms with E-state index in [1.165, 1.54) is 24.6 Å². The third kappa shape index (κ3) is 3.20. The van der Waals surface area contributed by atoms with E-state index in [1.807, 2.05) is 0 Å². The summed E-state index contributed by atoms with van der Waals surface area (Å²) in [5.41, 5.74) is 1.80. The molecule has 4 heterocycles. The van der Waals surface area contributed by atoms with Crippen molar-refractivity contribution in [3.05, 3.63) is 36.7 Å². The molecule has 4 N–H and O–H groups in total. The fourth-order valence-electron chi connectivity index (χ4n) is 3.47. The van der Waals surface area contributed by atoms with Gasteiger partial charge in [0.2, 0.25) is 10.0 Å². The van der Waals surface area contributed by atoms with Crippen LogP contribution in [0.5, 0.6) is 0 Å². The van der Waals surface area contributed by atoms with E-state index in [9.17, 15) is 16.8 Å². The molecule has 1 aliphatic rings. The number of sulfonamides is 1. The molecule has 5 rings (SSSR count). The number of sulfone groups is 1. The maximum Gasteiger partial charge on any atom is 0.240 e. The van der Waals surface area contributed by atoms with Crippen LogP contribution in [0, 0.1) is 0 Å². The number of pyridine rings is 1. The van der Waals surface area contributed by atoms with Crippen LogP contribution in [0.4, 0.5) is 0 Å². The zero-order chi connectivity index (χ0) is 21.8. The molecule has 160 valence electrons. The van der Waals surface area contributed by atoms with Gasteiger partial charge in [0.25, 0.3) is 0 Å². The molecular weight excluding hydrogens is 446 g/mol. The van der Waals surface area contributed by atoms with Gasteiger partial charge in [0.1, 0.15) is 10.4 Å². The number of tetrazole rings is 1. The predicted molar refractivity (Wildman–Crippen MR) is 108 cm³/mol. The van der Waals surface area contributed by atoms with Gasteiger partial charge < -0.3 is 9.73 Å². The molecule has 0 saturated carbocycles. The summed E-state index contributed by atoms with van der Waals surface area (Å²) in [5, 5.41) is 20.9. The number of nitrogens with two attached hydrogens (primary N) is 1. The highest BCUT2D eigenvalue weighted by molar-refractivity contribution is 7.94. The number of nitrogens with one attached hydrogen (secondary N) is 2. The van der Waals surface area contributed by atoms with Crippen LogP contribution in [-0.4, -0.2) is 60.8 Å². The molecule has 1 saturated heterocycles. The number of H-pyrrole nitrogens is 1. The lowest BCUT2D eigenvalue weighted by atomic mass is 10.0. The van der Waals surface area contributed by atoms with Crippen molar-refractivity contribution in [3.63, 3.8) is 0 Å². The fraction of sp³-hybridized carbons (Fsp3) is 0.176. The van der Waals surface area contributed by atoms with Gasteiger partial charge in [-0.2, -0.15) is 0 Å². The van der Waals surface area contributed by atoms with Crippen molar-refractivity contribution >= 4 is 31.0 Å². The molecule has 0 aliphatic carbocycles. The highest BCUT2D eigenvalue weighted by Gasteiger charge is 2.38. The van der Waals surface area contributed by atoms with Crippen LogP contribution >= 0.6 is 0 Å². The Morgan fingerprint density at radius 1 is 1.13 bits per heavy atom. The van der Waals surface area contributed by atoms with Crippen LogP contribution in [0.3, 0.4) is 0 Å². The van der Waals surface area contributed by atoms with Gasteiger partial charge in [-0.05, 0) is 28.1 Å². The first kappa shape index (κ1) is 19.7. The average molecular weight is 461 g/mol. The molecular formula is C17H15N7O5S2. The number of fused-ring (bicyclic) bond motifs is 1. The van der Waals surface area contributed by atoms with Gasteiger partial charge in [-0.1, -0.05) is 6.07 Å². The first-order chi connectivity index (χ1) is 14.8. The van der Waals surface area contributed by atoms with Crippen LogP contribution in [0.25, 0.3) is 33.6 Å². The van der Waals surface area contributed by atoms with Gasteiger partial charge in [-0.15, -0.1) is 5.10 Å². The van der Waals surface area contributed by atoms with Crippen molar-refractivity contribution in [3.8, 4) is 22.5 Å². The topological polar surface area (TPSA) is 187 Å². The van der Waals surface area contributed by atoms with Gasteiger partial charge in [0.05, 0.1) is 16.4 Å². The minimum absolute atomic E-state index is 0.0534. The molecule has 0 amide bonds. The smallest absolute Gasteiger partial charge is 0.240 e. The number of hydrogen-bond donors (Lipinski definition) is 3. The molecule has 1 fully saturated rings. The maximum atomic E-state index is 13.1. The van der Waals surface area contributed by atoms with Crippen molar-refractivity contribution in [2.24, 2.45) is 5.14 Å². The lowest BCUT2D eigenvalue weighted by Crippen LogP contribution is -2.51. The lowest BCUT2D eigenvalue weighted by molar-refractivity contribution is 0.493. The maximum absolute atomic E-state index is 13.1. The molecule has 4 aromatic rings. The summed E-state index contributed by atoms with van der Waals surface area (Å²) >= 11 is 0. The monoisotopic (exact) mass is 461 g/mol. The van der Waals surface area contributed by atoms with Gasteiger partial charge in [-0.3, -0.25) is 4.98 Å². The number of aromatic amines is 1. The summed E-state index contributed by atoms with van der Waals surface area (Å²) in [7, 11) is -8.50. The van der Waals surface area contributed by atoms with Crippen LogP contribution in [0.2, 0.25) is 0 Å². The molecule has 0 atom stereocenters. The minimum Gasteiger partial charge on any atom is -0.463 e. The van der Waals surface area contributed by atoms with Gasteiger partial charge in [0, 0.05) is 36.5 Å². The largest absolute Gasteiger partial charge is 0.463 e. The number of benzene rings is 1. The third-order valence-corrected chi connectivity index (χ3v) is 8.38. The Labute approximate surface area is 175 Å². The SMILES string of the molecule is NS(=O)(=O)c1c(S(=O)(=O)C2CNC2)ccc(-c2cnc3ccoc3c2)c1-c1nnn[nH]1. The Kier molecular flexibility index (Phi) is 4.40. The van der Waals surface area contributed by atoms with Crippen molar-refractivity contribution in [2.45, 2.75) is 15.0 Å². The number of nitrogens with zero attached hydrogens (tertiary/aromatic N) is 4. The Balaban J connectivity index is 1.86. The van der Waals surface area contributed by atoms with Gasteiger partial charge >= 0.3 is 0 Å². The predicted octanol–water partition coefficient (Wildman–Crippen LogP) is 0.0678. The Morgan fingerprint density at radius 3 is 2.58 bits per heavy atom. The molecule has 12 nitrogen and oxygen atoms in total. The van der Waals surface area contributed by atoms with Crippen LogP contribution in [0.15, 0.2) is 50.9 Å². The van der Waals surface area contributed by atoms with Crippen molar-refractivity contribution in [1.29, 1.82) is 0 Å². The van der Waals surface area contributed by atoms with Crippen molar-refractivity contribution < 1.29 is 21.3 Å². The van der Waals surface area contributed by atoms with E-state index >= 15 is 0 Å². The number of rotatable bonds is 5. The van der Waals surface area contributed by atoms with Crippen LogP contribution < -0.4 is 10.5 Å². The summed E-state index contributed by atoms with van der Waals surface area (Å²) in [6, 6.07) is 6.06. The first-order valence-corrected chi connectivity index (χ1v) is 12.1. The van der Waals surface area contributed by atoms with Crippen LogP contribution in [0.1, 0.15) is 0 Å². The molecule has 14 heteroatoms. The zero-order valence-electron chi connectivity index (χ0n) is 15.7. The van der Waals surface area contributed by atoms with Gasteiger partial charge in [0.15, 0.2) is 21.2 Å². The lowest BCUT2D eigenvalue weighted by Gasteiger charge is -2.28. The molecule has 3 aromatic heterocycles. The van der Waals surface area contributed by atoms with E-state index in [0.717, 1.165) is 0 Å². The number of furan rings is 1. The number of primary sulfonamides is 1. The molecule has 0 spiro atoms. The van der Waals surface area contributed by atoms with Crippen LogP contribution in [-0.2, 0) is 19.9 Å². The molecule has 0 bridgehead atoms. The summed E-state index contributed by atoms with van der Waals surface area (Å²) in [6.07, 6.45) is 2.98.